The van der Waals surface area contributed by atoms with Crippen LogP contribution in [0.2, 0.25) is 0 Å². The molecule has 0 radical (unpaired) electrons. The van der Waals surface area contributed by atoms with Crippen molar-refractivity contribution in [1.29, 1.82) is 0 Å². The Kier molecular flexibility index (Phi) is 5.24. The molecule has 0 saturated carbocycles. The van der Waals surface area contributed by atoms with Gasteiger partial charge in [0.25, 0.3) is 5.91 Å². The molecular formula is C23H24N4O. The van der Waals surface area contributed by atoms with Gasteiger partial charge < -0.3 is 15.5 Å². The van der Waals surface area contributed by atoms with Gasteiger partial charge in [-0.3, -0.25) is 4.79 Å². The van der Waals surface area contributed by atoms with Crippen LogP contribution >= 0.6 is 0 Å². The van der Waals surface area contributed by atoms with Gasteiger partial charge in [0.05, 0.1) is 11.9 Å². The lowest BCUT2D eigenvalue weighted by Gasteiger charge is -2.18. The van der Waals surface area contributed by atoms with E-state index in [1.165, 1.54) is 18.5 Å². The summed E-state index contributed by atoms with van der Waals surface area (Å²) in [6.07, 6.45) is 4.28. The molecule has 3 aromatic rings. The highest BCUT2D eigenvalue weighted by molar-refractivity contribution is 6.04. The highest BCUT2D eigenvalue weighted by Crippen LogP contribution is 2.24. The summed E-state index contributed by atoms with van der Waals surface area (Å²) in [5.74, 6) is 0.381. The first-order chi connectivity index (χ1) is 13.7. The lowest BCUT2D eigenvalue weighted by Crippen LogP contribution is -2.17. The molecule has 2 heterocycles. The van der Waals surface area contributed by atoms with Crippen molar-refractivity contribution in [2.75, 3.05) is 28.6 Å². The maximum absolute atomic E-state index is 12.4. The van der Waals surface area contributed by atoms with Crippen molar-refractivity contribution in [2.45, 2.75) is 19.8 Å². The SMILES string of the molecule is Cc1ccccc1C(=O)Nc1ccc(Nc2ccc(N3CCCC3)cc2)cn1. The van der Waals surface area contributed by atoms with Gasteiger partial charge in [0.15, 0.2) is 0 Å². The maximum atomic E-state index is 12.4. The van der Waals surface area contributed by atoms with Gasteiger partial charge >= 0.3 is 0 Å². The molecule has 0 unspecified atom stereocenters. The van der Waals surface area contributed by atoms with E-state index in [2.05, 4.69) is 44.8 Å². The van der Waals surface area contributed by atoms with Crippen LogP contribution < -0.4 is 15.5 Å². The summed E-state index contributed by atoms with van der Waals surface area (Å²) in [4.78, 5) is 19.1. The van der Waals surface area contributed by atoms with E-state index < -0.39 is 0 Å². The number of nitrogens with one attached hydrogen (secondary N) is 2. The average molecular weight is 372 g/mol. The van der Waals surface area contributed by atoms with E-state index in [4.69, 9.17) is 0 Å². The van der Waals surface area contributed by atoms with Crippen LogP contribution in [0, 0.1) is 6.92 Å². The molecule has 1 amide bonds. The van der Waals surface area contributed by atoms with Crippen LogP contribution in [0.5, 0.6) is 0 Å². The average Bonchev–Trinajstić information content (AvgIpc) is 3.25. The molecule has 1 aromatic heterocycles. The minimum atomic E-state index is -0.149. The third-order valence-electron chi connectivity index (χ3n) is 5.02. The third kappa shape index (κ3) is 4.14. The number of pyridine rings is 1. The van der Waals surface area contributed by atoms with Crippen LogP contribution in [0.4, 0.5) is 22.9 Å². The van der Waals surface area contributed by atoms with E-state index in [1.54, 1.807) is 12.3 Å². The molecule has 0 atom stereocenters. The van der Waals surface area contributed by atoms with Gasteiger partial charge in [-0.05, 0) is 67.8 Å². The highest BCUT2D eigenvalue weighted by Gasteiger charge is 2.12. The summed E-state index contributed by atoms with van der Waals surface area (Å²) >= 11 is 0. The lowest BCUT2D eigenvalue weighted by atomic mass is 10.1. The van der Waals surface area contributed by atoms with E-state index in [0.29, 0.717) is 11.4 Å². The standard InChI is InChI=1S/C23H24N4O/c1-17-6-2-3-7-21(17)23(28)26-22-13-10-19(16-24-22)25-18-8-11-20(12-9-18)27-14-4-5-15-27/h2-3,6-13,16,25H,4-5,14-15H2,1H3,(H,24,26,28). The molecule has 0 spiro atoms. The van der Waals surface area contributed by atoms with Gasteiger partial charge in [0, 0.05) is 30.0 Å². The molecule has 2 aromatic carbocycles. The summed E-state index contributed by atoms with van der Waals surface area (Å²) in [6, 6.07) is 19.7. The molecule has 28 heavy (non-hydrogen) atoms. The zero-order chi connectivity index (χ0) is 19.3. The first-order valence-electron chi connectivity index (χ1n) is 9.64. The smallest absolute Gasteiger partial charge is 0.257 e. The Balaban J connectivity index is 1.38. The van der Waals surface area contributed by atoms with Crippen molar-refractivity contribution >= 4 is 28.8 Å². The fraction of sp³-hybridized carbons (Fsp3) is 0.217. The number of carbonyl (C=O) groups excluding carboxylic acids is 1. The van der Waals surface area contributed by atoms with Crippen LogP contribution in [0.15, 0.2) is 66.9 Å². The molecule has 2 N–H and O–H groups in total. The largest absolute Gasteiger partial charge is 0.372 e. The summed E-state index contributed by atoms with van der Waals surface area (Å²) < 4.78 is 0. The molecule has 0 aliphatic carbocycles. The number of nitrogens with zero attached hydrogens (tertiary/aromatic N) is 2. The van der Waals surface area contributed by atoms with E-state index in [9.17, 15) is 4.79 Å². The van der Waals surface area contributed by atoms with Crippen molar-refractivity contribution in [1.82, 2.24) is 4.98 Å². The third-order valence-corrected chi connectivity index (χ3v) is 5.02. The second-order valence-corrected chi connectivity index (χ2v) is 7.07. The molecule has 1 fully saturated rings. The van der Waals surface area contributed by atoms with E-state index >= 15 is 0 Å². The number of carbonyl (C=O) groups is 1. The molecule has 1 saturated heterocycles. The molecule has 1 aliphatic heterocycles. The summed E-state index contributed by atoms with van der Waals surface area (Å²) in [5.41, 5.74) is 4.76. The topological polar surface area (TPSA) is 57.3 Å². The Bertz CT molecular complexity index is 945. The number of amides is 1. The number of benzene rings is 2. The molecule has 4 rings (SSSR count). The van der Waals surface area contributed by atoms with Crippen LogP contribution in [0.25, 0.3) is 0 Å². The quantitative estimate of drug-likeness (QED) is 0.663. The molecule has 1 aliphatic rings. The molecule has 142 valence electrons. The van der Waals surface area contributed by atoms with Crippen molar-refractivity contribution in [3.8, 4) is 0 Å². The number of anilines is 4. The van der Waals surface area contributed by atoms with Crippen LogP contribution in [-0.2, 0) is 0 Å². The molecular weight excluding hydrogens is 348 g/mol. The van der Waals surface area contributed by atoms with Crippen molar-refractivity contribution in [2.24, 2.45) is 0 Å². The number of aryl methyl sites for hydroxylation is 1. The Morgan fingerprint density at radius 2 is 1.64 bits per heavy atom. The van der Waals surface area contributed by atoms with Crippen LogP contribution in [0.3, 0.4) is 0 Å². The van der Waals surface area contributed by atoms with Gasteiger partial charge in [0.2, 0.25) is 0 Å². The van der Waals surface area contributed by atoms with Gasteiger partial charge in [-0.1, -0.05) is 18.2 Å². The Morgan fingerprint density at radius 3 is 2.32 bits per heavy atom. The molecule has 5 heteroatoms. The monoisotopic (exact) mass is 372 g/mol. The van der Waals surface area contributed by atoms with Crippen molar-refractivity contribution in [3.63, 3.8) is 0 Å². The number of aromatic nitrogens is 1. The summed E-state index contributed by atoms with van der Waals surface area (Å²) in [5, 5.41) is 6.19. The fourth-order valence-electron chi connectivity index (χ4n) is 3.45. The van der Waals surface area contributed by atoms with Crippen LogP contribution in [0.1, 0.15) is 28.8 Å². The zero-order valence-electron chi connectivity index (χ0n) is 16.0. The van der Waals surface area contributed by atoms with E-state index in [-0.39, 0.29) is 5.91 Å². The van der Waals surface area contributed by atoms with Crippen molar-refractivity contribution < 1.29 is 4.79 Å². The fourth-order valence-corrected chi connectivity index (χ4v) is 3.45. The predicted octanol–water partition coefficient (Wildman–Crippen LogP) is 4.99. The Hall–Kier alpha value is -3.34. The number of rotatable bonds is 5. The first kappa shape index (κ1) is 18.0. The minimum absolute atomic E-state index is 0.149. The van der Waals surface area contributed by atoms with Gasteiger partial charge in [-0.15, -0.1) is 0 Å². The predicted molar refractivity (Wildman–Crippen MR) is 115 cm³/mol. The second-order valence-electron chi connectivity index (χ2n) is 7.07. The normalized spacial score (nSPS) is 13.4. The summed E-state index contributed by atoms with van der Waals surface area (Å²) in [7, 11) is 0. The second kappa shape index (κ2) is 8.13. The lowest BCUT2D eigenvalue weighted by molar-refractivity contribution is 0.102. The highest BCUT2D eigenvalue weighted by atomic mass is 16.1. The van der Waals surface area contributed by atoms with E-state index in [0.717, 1.165) is 30.0 Å². The van der Waals surface area contributed by atoms with E-state index in [1.807, 2.05) is 37.3 Å². The van der Waals surface area contributed by atoms with Crippen LogP contribution in [-0.4, -0.2) is 24.0 Å². The maximum Gasteiger partial charge on any atom is 0.257 e. The summed E-state index contributed by atoms with van der Waals surface area (Å²) in [6.45, 7) is 4.21. The van der Waals surface area contributed by atoms with Gasteiger partial charge in [-0.25, -0.2) is 4.98 Å². The van der Waals surface area contributed by atoms with Crippen molar-refractivity contribution in [3.05, 3.63) is 78.0 Å². The Morgan fingerprint density at radius 1 is 0.929 bits per heavy atom. The molecule has 0 bridgehead atoms. The molecule has 5 nitrogen and oxygen atoms in total. The minimum Gasteiger partial charge on any atom is -0.372 e. The number of hydrogen-bond acceptors (Lipinski definition) is 4. The number of hydrogen-bond donors (Lipinski definition) is 2. The first-order valence-corrected chi connectivity index (χ1v) is 9.64. The Labute approximate surface area is 165 Å². The zero-order valence-corrected chi connectivity index (χ0v) is 16.0. The van der Waals surface area contributed by atoms with Gasteiger partial charge in [-0.2, -0.15) is 0 Å². The van der Waals surface area contributed by atoms with Gasteiger partial charge in [0.1, 0.15) is 5.82 Å².